The summed E-state index contributed by atoms with van der Waals surface area (Å²) in [5.74, 6) is 0.980. The number of aromatic amines is 1. The summed E-state index contributed by atoms with van der Waals surface area (Å²) in [5, 5.41) is 12.6. The van der Waals surface area contributed by atoms with Crippen LogP contribution in [0.4, 0.5) is 0 Å². The molecule has 3 aromatic rings. The Morgan fingerprint density at radius 1 is 1.33 bits per heavy atom. The number of amides is 1. The molecular weight excluding hydrogens is 340 g/mol. The van der Waals surface area contributed by atoms with Crippen LogP contribution in [0.2, 0.25) is 0 Å². The van der Waals surface area contributed by atoms with E-state index in [2.05, 4.69) is 20.5 Å². The second-order valence-corrected chi connectivity index (χ2v) is 7.35. The molecule has 0 bridgehead atoms. The van der Waals surface area contributed by atoms with Gasteiger partial charge < -0.3 is 5.32 Å². The number of hydrogen-bond acceptors (Lipinski definition) is 5. The number of aromatic nitrogens is 3. The van der Waals surface area contributed by atoms with Crippen molar-refractivity contribution >= 4 is 29.0 Å². The third kappa shape index (κ3) is 4.24. The summed E-state index contributed by atoms with van der Waals surface area (Å²) >= 11 is 2.96. The van der Waals surface area contributed by atoms with Crippen LogP contribution in [0, 0.1) is 6.92 Å². The Kier molecular flexibility index (Phi) is 5.32. The molecule has 0 fully saturated rings. The minimum Gasteiger partial charge on any atom is -0.348 e. The van der Waals surface area contributed by atoms with Crippen LogP contribution >= 0.6 is 23.1 Å². The van der Waals surface area contributed by atoms with Gasteiger partial charge in [-0.3, -0.25) is 9.89 Å². The van der Waals surface area contributed by atoms with Crippen LogP contribution in [-0.4, -0.2) is 26.8 Å². The fourth-order valence-electron chi connectivity index (χ4n) is 2.17. The third-order valence-electron chi connectivity index (χ3n) is 3.47. The number of rotatable bonds is 6. The normalized spacial score (nSPS) is 12.1. The van der Waals surface area contributed by atoms with E-state index in [0.29, 0.717) is 16.7 Å². The molecule has 24 heavy (non-hydrogen) atoms. The van der Waals surface area contributed by atoms with Crippen molar-refractivity contribution in [3.8, 4) is 11.4 Å². The molecular formula is C17H18N4OS2. The Hall–Kier alpha value is -2.12. The molecule has 0 saturated carbocycles. The van der Waals surface area contributed by atoms with Gasteiger partial charge in [0.05, 0.1) is 11.8 Å². The van der Waals surface area contributed by atoms with E-state index < -0.39 is 0 Å². The highest BCUT2D eigenvalue weighted by Gasteiger charge is 2.12. The topological polar surface area (TPSA) is 70.7 Å². The number of nitrogens with zero attached hydrogens (tertiary/aromatic N) is 2. The van der Waals surface area contributed by atoms with Gasteiger partial charge in [0, 0.05) is 10.4 Å². The quantitative estimate of drug-likeness (QED) is 0.657. The lowest BCUT2D eigenvalue weighted by Crippen LogP contribution is -2.27. The number of aryl methyl sites for hydroxylation is 1. The van der Waals surface area contributed by atoms with E-state index in [4.69, 9.17) is 0 Å². The Morgan fingerprint density at radius 3 is 2.83 bits per heavy atom. The summed E-state index contributed by atoms with van der Waals surface area (Å²) in [7, 11) is 0. The molecule has 2 heterocycles. The van der Waals surface area contributed by atoms with Gasteiger partial charge in [-0.1, -0.05) is 47.7 Å². The molecule has 0 aliphatic rings. The molecule has 0 aliphatic heterocycles. The second-order valence-electron chi connectivity index (χ2n) is 5.43. The Labute approximate surface area is 148 Å². The molecule has 3 rings (SSSR count). The zero-order valence-corrected chi connectivity index (χ0v) is 15.1. The Balaban J connectivity index is 1.53. The van der Waals surface area contributed by atoms with Crippen LogP contribution in [0.1, 0.15) is 23.4 Å². The first-order chi connectivity index (χ1) is 11.6. The summed E-state index contributed by atoms with van der Waals surface area (Å²) in [6, 6.07) is 12.1. The summed E-state index contributed by atoms with van der Waals surface area (Å²) in [6.07, 6.45) is 0. The van der Waals surface area contributed by atoms with Crippen LogP contribution in [0.5, 0.6) is 0 Å². The fraction of sp³-hybridized carbons (Fsp3) is 0.235. The maximum absolute atomic E-state index is 12.0. The number of hydrogen-bond donors (Lipinski definition) is 2. The number of thiophene rings is 1. The van der Waals surface area contributed by atoms with Crippen molar-refractivity contribution in [3.63, 3.8) is 0 Å². The van der Waals surface area contributed by atoms with Crippen molar-refractivity contribution in [1.82, 2.24) is 20.5 Å². The van der Waals surface area contributed by atoms with E-state index in [0.717, 1.165) is 10.4 Å². The zero-order chi connectivity index (χ0) is 16.9. The molecule has 0 spiro atoms. The van der Waals surface area contributed by atoms with Crippen LogP contribution < -0.4 is 5.32 Å². The van der Waals surface area contributed by atoms with Gasteiger partial charge in [-0.2, -0.15) is 0 Å². The second kappa shape index (κ2) is 7.63. The van der Waals surface area contributed by atoms with Gasteiger partial charge in [-0.25, -0.2) is 4.98 Å². The number of benzene rings is 1. The van der Waals surface area contributed by atoms with Crippen LogP contribution in [-0.2, 0) is 4.79 Å². The molecule has 0 unspecified atom stereocenters. The standard InChI is InChI=1S/C17H18N4OS2/c1-11-5-7-13(8-6-11)16-19-17(21-20-16)24-10-15(22)18-12(2)14-4-3-9-23-14/h3-9,12H,10H2,1-2H3,(H,18,22)(H,19,20,21)/t12-/m0/s1. The van der Waals surface area contributed by atoms with Gasteiger partial charge in [0.25, 0.3) is 0 Å². The fourth-order valence-corrected chi connectivity index (χ4v) is 3.52. The molecule has 1 amide bonds. The molecule has 5 nitrogen and oxygen atoms in total. The SMILES string of the molecule is Cc1ccc(-c2nc(SCC(=O)N[C@@H](C)c3cccs3)n[nH]2)cc1. The minimum atomic E-state index is -0.0254. The lowest BCUT2D eigenvalue weighted by atomic mass is 10.1. The highest BCUT2D eigenvalue weighted by molar-refractivity contribution is 7.99. The maximum atomic E-state index is 12.0. The average Bonchev–Trinajstić information content (AvgIpc) is 3.25. The maximum Gasteiger partial charge on any atom is 0.230 e. The first-order valence-electron chi connectivity index (χ1n) is 7.57. The van der Waals surface area contributed by atoms with Crippen molar-refractivity contribution in [2.45, 2.75) is 25.0 Å². The van der Waals surface area contributed by atoms with Crippen molar-refractivity contribution in [2.75, 3.05) is 5.75 Å². The molecule has 2 N–H and O–H groups in total. The molecule has 0 radical (unpaired) electrons. The average molecular weight is 358 g/mol. The van der Waals surface area contributed by atoms with Gasteiger partial charge in [-0.15, -0.1) is 16.4 Å². The zero-order valence-electron chi connectivity index (χ0n) is 13.4. The van der Waals surface area contributed by atoms with E-state index in [1.807, 2.05) is 55.6 Å². The van der Waals surface area contributed by atoms with Gasteiger partial charge in [0.15, 0.2) is 5.82 Å². The number of nitrogens with one attached hydrogen (secondary N) is 2. The first kappa shape index (κ1) is 16.7. The summed E-state index contributed by atoms with van der Waals surface area (Å²) in [4.78, 5) is 17.6. The van der Waals surface area contributed by atoms with E-state index in [-0.39, 0.29) is 11.9 Å². The van der Waals surface area contributed by atoms with Crippen molar-refractivity contribution in [3.05, 3.63) is 52.2 Å². The van der Waals surface area contributed by atoms with Crippen LogP contribution in [0.25, 0.3) is 11.4 Å². The summed E-state index contributed by atoms with van der Waals surface area (Å²) in [5.41, 5.74) is 2.18. The summed E-state index contributed by atoms with van der Waals surface area (Å²) < 4.78 is 0. The van der Waals surface area contributed by atoms with Crippen molar-refractivity contribution in [2.24, 2.45) is 0 Å². The van der Waals surface area contributed by atoms with Gasteiger partial charge in [0.1, 0.15) is 0 Å². The molecule has 1 atom stereocenters. The smallest absolute Gasteiger partial charge is 0.230 e. The molecule has 0 saturated heterocycles. The number of thioether (sulfide) groups is 1. The lowest BCUT2D eigenvalue weighted by molar-refractivity contribution is -0.119. The lowest BCUT2D eigenvalue weighted by Gasteiger charge is -2.11. The third-order valence-corrected chi connectivity index (χ3v) is 5.37. The molecule has 0 aliphatic carbocycles. The number of carbonyl (C=O) groups is 1. The van der Waals surface area contributed by atoms with E-state index >= 15 is 0 Å². The van der Waals surface area contributed by atoms with Crippen molar-refractivity contribution in [1.29, 1.82) is 0 Å². The van der Waals surface area contributed by atoms with Gasteiger partial charge >= 0.3 is 0 Å². The monoisotopic (exact) mass is 358 g/mol. The highest BCUT2D eigenvalue weighted by atomic mass is 32.2. The van der Waals surface area contributed by atoms with Crippen molar-refractivity contribution < 1.29 is 4.79 Å². The number of carbonyl (C=O) groups excluding carboxylic acids is 1. The highest BCUT2D eigenvalue weighted by Crippen LogP contribution is 2.21. The van der Waals surface area contributed by atoms with E-state index in [9.17, 15) is 4.79 Å². The van der Waals surface area contributed by atoms with E-state index in [1.165, 1.54) is 17.3 Å². The van der Waals surface area contributed by atoms with Gasteiger partial charge in [-0.05, 0) is 25.3 Å². The van der Waals surface area contributed by atoms with Crippen LogP contribution in [0.15, 0.2) is 46.9 Å². The molecule has 1 aromatic carbocycles. The largest absolute Gasteiger partial charge is 0.348 e. The minimum absolute atomic E-state index is 0.0216. The van der Waals surface area contributed by atoms with E-state index in [1.54, 1.807) is 11.3 Å². The van der Waals surface area contributed by atoms with Crippen LogP contribution in [0.3, 0.4) is 0 Å². The molecule has 7 heteroatoms. The number of H-pyrrole nitrogens is 1. The molecule has 124 valence electrons. The predicted molar refractivity (Wildman–Crippen MR) is 98.2 cm³/mol. The Morgan fingerprint density at radius 2 is 2.12 bits per heavy atom. The summed E-state index contributed by atoms with van der Waals surface area (Å²) in [6.45, 7) is 4.03. The first-order valence-corrected chi connectivity index (χ1v) is 9.43. The predicted octanol–water partition coefficient (Wildman–Crippen LogP) is 3.81. The van der Waals surface area contributed by atoms with Gasteiger partial charge in [0.2, 0.25) is 11.1 Å². The molecule has 2 aromatic heterocycles. The Bertz CT molecular complexity index is 796.